The van der Waals surface area contributed by atoms with Crippen LogP contribution in [0.15, 0.2) is 24.3 Å². The van der Waals surface area contributed by atoms with E-state index in [0.717, 1.165) is 11.3 Å². The standard InChI is InChI=1S/C18H27N3O3.ClH/c1-12(19-2)11-20-18(23)15-9-10-16(22)21(3)17(15)13-5-7-14(24-4)8-6-13;/h5-8,12,15,17,19H,9-11H2,1-4H3,(H,20,23);1H. The van der Waals surface area contributed by atoms with E-state index in [1.165, 1.54) is 0 Å². The van der Waals surface area contributed by atoms with Crippen LogP contribution in [-0.4, -0.2) is 50.5 Å². The Morgan fingerprint density at radius 1 is 1.36 bits per heavy atom. The molecule has 0 bridgehead atoms. The van der Waals surface area contributed by atoms with Gasteiger partial charge in [0, 0.05) is 26.1 Å². The van der Waals surface area contributed by atoms with E-state index in [9.17, 15) is 9.59 Å². The fraction of sp³-hybridized carbons (Fsp3) is 0.556. The smallest absolute Gasteiger partial charge is 0.225 e. The molecule has 1 aromatic rings. The maximum atomic E-state index is 12.7. The summed E-state index contributed by atoms with van der Waals surface area (Å²) in [5, 5.41) is 6.10. The average molecular weight is 370 g/mol. The van der Waals surface area contributed by atoms with Gasteiger partial charge in [0.2, 0.25) is 11.8 Å². The molecule has 0 aromatic heterocycles. The summed E-state index contributed by atoms with van der Waals surface area (Å²) in [6.07, 6.45) is 0.975. The van der Waals surface area contributed by atoms with Crippen molar-refractivity contribution < 1.29 is 14.3 Å². The lowest BCUT2D eigenvalue weighted by Gasteiger charge is -2.38. The van der Waals surface area contributed by atoms with Crippen molar-refractivity contribution in [3.05, 3.63) is 29.8 Å². The number of halogens is 1. The Balaban J connectivity index is 0.00000312. The quantitative estimate of drug-likeness (QED) is 0.801. The number of carbonyl (C=O) groups excluding carboxylic acids is 2. The molecule has 1 aromatic carbocycles. The molecule has 140 valence electrons. The number of likely N-dealkylation sites (tertiary alicyclic amines) is 1. The van der Waals surface area contributed by atoms with Crippen LogP contribution in [0.3, 0.4) is 0 Å². The van der Waals surface area contributed by atoms with Gasteiger partial charge in [0.05, 0.1) is 19.1 Å². The third-order valence-electron chi connectivity index (χ3n) is 4.73. The van der Waals surface area contributed by atoms with Crippen molar-refractivity contribution in [1.29, 1.82) is 0 Å². The molecule has 7 heteroatoms. The molecule has 1 aliphatic rings. The molecule has 0 spiro atoms. The van der Waals surface area contributed by atoms with Crippen molar-refractivity contribution in [3.63, 3.8) is 0 Å². The van der Waals surface area contributed by atoms with Gasteiger partial charge in [-0.25, -0.2) is 0 Å². The van der Waals surface area contributed by atoms with E-state index < -0.39 is 0 Å². The van der Waals surface area contributed by atoms with Gasteiger partial charge in [0.15, 0.2) is 0 Å². The van der Waals surface area contributed by atoms with E-state index in [2.05, 4.69) is 10.6 Å². The zero-order valence-corrected chi connectivity index (χ0v) is 16.1. The molecule has 1 aliphatic heterocycles. The minimum Gasteiger partial charge on any atom is -0.497 e. The molecule has 3 atom stereocenters. The van der Waals surface area contributed by atoms with Crippen molar-refractivity contribution in [2.75, 3.05) is 27.7 Å². The molecule has 0 saturated carbocycles. The molecule has 2 N–H and O–H groups in total. The Labute approximate surface area is 155 Å². The van der Waals surface area contributed by atoms with Crippen molar-refractivity contribution in [3.8, 4) is 5.75 Å². The number of amides is 2. The van der Waals surface area contributed by atoms with Gasteiger partial charge in [-0.2, -0.15) is 0 Å². The van der Waals surface area contributed by atoms with Crippen molar-refractivity contribution in [2.24, 2.45) is 5.92 Å². The third kappa shape index (κ3) is 5.09. The number of rotatable bonds is 6. The van der Waals surface area contributed by atoms with Crippen LogP contribution >= 0.6 is 12.4 Å². The first-order valence-electron chi connectivity index (χ1n) is 8.32. The number of nitrogens with one attached hydrogen (secondary N) is 2. The number of hydrogen-bond donors (Lipinski definition) is 2. The van der Waals surface area contributed by atoms with E-state index in [0.29, 0.717) is 19.4 Å². The van der Waals surface area contributed by atoms with Crippen molar-refractivity contribution in [2.45, 2.75) is 31.8 Å². The number of likely N-dealkylation sites (N-methyl/N-ethyl adjacent to an activating group) is 1. The van der Waals surface area contributed by atoms with Gasteiger partial charge >= 0.3 is 0 Å². The number of nitrogens with zero attached hydrogens (tertiary/aromatic N) is 1. The van der Waals surface area contributed by atoms with Crippen LogP contribution in [0.4, 0.5) is 0 Å². The molecule has 1 fully saturated rings. The summed E-state index contributed by atoms with van der Waals surface area (Å²) in [4.78, 5) is 26.5. The molecule has 0 aliphatic carbocycles. The Morgan fingerprint density at radius 3 is 2.56 bits per heavy atom. The molecule has 0 radical (unpaired) electrons. The number of methoxy groups -OCH3 is 1. The maximum absolute atomic E-state index is 12.7. The normalized spacial score (nSPS) is 21.3. The van der Waals surface area contributed by atoms with Gasteiger partial charge < -0.3 is 20.3 Å². The highest BCUT2D eigenvalue weighted by Crippen LogP contribution is 2.36. The van der Waals surface area contributed by atoms with Crippen molar-refractivity contribution >= 4 is 24.2 Å². The van der Waals surface area contributed by atoms with Gasteiger partial charge in [-0.3, -0.25) is 9.59 Å². The lowest BCUT2D eigenvalue weighted by molar-refractivity contribution is -0.141. The molecule has 6 nitrogen and oxygen atoms in total. The molecule has 25 heavy (non-hydrogen) atoms. The van der Waals surface area contributed by atoms with E-state index in [1.54, 1.807) is 19.1 Å². The fourth-order valence-electron chi connectivity index (χ4n) is 3.06. The lowest BCUT2D eigenvalue weighted by atomic mass is 9.84. The van der Waals surface area contributed by atoms with Crippen LogP contribution in [-0.2, 0) is 9.59 Å². The molecular formula is C18H28ClN3O3. The van der Waals surface area contributed by atoms with Gasteiger partial charge in [-0.1, -0.05) is 12.1 Å². The number of piperidine rings is 1. The largest absolute Gasteiger partial charge is 0.497 e. The van der Waals surface area contributed by atoms with Crippen LogP contribution in [0.1, 0.15) is 31.4 Å². The summed E-state index contributed by atoms with van der Waals surface area (Å²) in [6.45, 7) is 2.58. The van der Waals surface area contributed by atoms with Crippen molar-refractivity contribution in [1.82, 2.24) is 15.5 Å². The van der Waals surface area contributed by atoms with Crippen LogP contribution in [0.2, 0.25) is 0 Å². The van der Waals surface area contributed by atoms with Crippen LogP contribution in [0, 0.1) is 5.92 Å². The average Bonchev–Trinajstić information content (AvgIpc) is 2.61. The van der Waals surface area contributed by atoms with E-state index in [4.69, 9.17) is 4.74 Å². The number of hydrogen-bond acceptors (Lipinski definition) is 4. The highest BCUT2D eigenvalue weighted by atomic mass is 35.5. The highest BCUT2D eigenvalue weighted by molar-refractivity contribution is 5.85. The molecule has 2 rings (SSSR count). The zero-order valence-electron chi connectivity index (χ0n) is 15.2. The minimum absolute atomic E-state index is 0. The summed E-state index contributed by atoms with van der Waals surface area (Å²) < 4.78 is 5.19. The SMILES string of the molecule is CNC(C)CNC(=O)C1CCC(=O)N(C)C1c1ccc(OC)cc1.Cl. The molecule has 3 unspecified atom stereocenters. The maximum Gasteiger partial charge on any atom is 0.225 e. The molecule has 1 heterocycles. The lowest BCUT2D eigenvalue weighted by Crippen LogP contribution is -2.48. The van der Waals surface area contributed by atoms with Crippen LogP contribution in [0.25, 0.3) is 0 Å². The van der Waals surface area contributed by atoms with Gasteiger partial charge in [-0.15, -0.1) is 12.4 Å². The van der Waals surface area contributed by atoms with Crippen LogP contribution in [0.5, 0.6) is 5.75 Å². The highest BCUT2D eigenvalue weighted by Gasteiger charge is 2.38. The molecule has 2 amide bonds. The molecule has 1 saturated heterocycles. The summed E-state index contributed by atoms with van der Waals surface area (Å²) >= 11 is 0. The first-order valence-corrected chi connectivity index (χ1v) is 8.32. The number of ether oxygens (including phenoxy) is 1. The van der Waals surface area contributed by atoms with E-state index in [1.807, 2.05) is 38.2 Å². The Morgan fingerprint density at radius 2 is 2.00 bits per heavy atom. The minimum atomic E-state index is -0.248. The predicted octanol–water partition coefficient (Wildman–Crippen LogP) is 1.75. The Hall–Kier alpha value is -1.79. The molecular weight excluding hydrogens is 342 g/mol. The first-order chi connectivity index (χ1) is 11.5. The topological polar surface area (TPSA) is 70.7 Å². The second-order valence-electron chi connectivity index (χ2n) is 6.30. The van der Waals surface area contributed by atoms with E-state index >= 15 is 0 Å². The summed E-state index contributed by atoms with van der Waals surface area (Å²) in [5.41, 5.74) is 0.952. The van der Waals surface area contributed by atoms with Gasteiger partial charge in [0.25, 0.3) is 0 Å². The monoisotopic (exact) mass is 369 g/mol. The summed E-state index contributed by atoms with van der Waals surface area (Å²) in [6, 6.07) is 7.53. The summed E-state index contributed by atoms with van der Waals surface area (Å²) in [5.74, 6) is 0.582. The number of benzene rings is 1. The van der Waals surface area contributed by atoms with Gasteiger partial charge in [-0.05, 0) is 38.1 Å². The van der Waals surface area contributed by atoms with E-state index in [-0.39, 0.29) is 42.2 Å². The summed E-state index contributed by atoms with van der Waals surface area (Å²) in [7, 11) is 5.25. The third-order valence-corrected chi connectivity index (χ3v) is 4.73. The zero-order chi connectivity index (χ0) is 17.7. The second-order valence-corrected chi connectivity index (χ2v) is 6.30. The van der Waals surface area contributed by atoms with Gasteiger partial charge in [0.1, 0.15) is 5.75 Å². The van der Waals surface area contributed by atoms with Crippen LogP contribution < -0.4 is 15.4 Å². The Bertz CT molecular complexity index is 579. The first kappa shape index (κ1) is 21.3. The second kappa shape index (κ2) is 9.63. The Kier molecular flexibility index (Phi) is 8.19. The fourth-order valence-corrected chi connectivity index (χ4v) is 3.06. The predicted molar refractivity (Wildman–Crippen MR) is 100 cm³/mol. The number of carbonyl (C=O) groups is 2.